The first-order valence-corrected chi connectivity index (χ1v) is 13.9. The van der Waals surface area contributed by atoms with E-state index in [1.165, 1.54) is 11.1 Å². The molecule has 1 amide bonds. The van der Waals surface area contributed by atoms with E-state index in [1.807, 2.05) is 53.1 Å². The molecule has 0 saturated heterocycles. The molecule has 0 aliphatic rings. The predicted octanol–water partition coefficient (Wildman–Crippen LogP) is 8.33. The van der Waals surface area contributed by atoms with Crippen molar-refractivity contribution in [3.8, 4) is 0 Å². The number of amides is 1. The van der Waals surface area contributed by atoms with Gasteiger partial charge in [-0.15, -0.1) is 0 Å². The summed E-state index contributed by atoms with van der Waals surface area (Å²) in [6, 6.07) is 21.7. The lowest BCUT2D eigenvalue weighted by Gasteiger charge is -2.20. The normalized spacial score (nSPS) is 13.1. The van der Waals surface area contributed by atoms with Gasteiger partial charge < -0.3 is 5.32 Å². The highest BCUT2D eigenvalue weighted by atomic mass is 35.5. The summed E-state index contributed by atoms with van der Waals surface area (Å²) >= 11 is 12.2. The Kier molecular flexibility index (Phi) is 9.28. The molecule has 1 N–H and O–H groups in total. The van der Waals surface area contributed by atoms with E-state index in [1.54, 1.807) is 0 Å². The van der Waals surface area contributed by atoms with Gasteiger partial charge in [0, 0.05) is 34.6 Å². The Morgan fingerprint density at radius 2 is 1.62 bits per heavy atom. The van der Waals surface area contributed by atoms with Crippen LogP contribution in [0.15, 0.2) is 72.9 Å². The Labute approximate surface area is 230 Å². The molecule has 4 rings (SSSR count). The fraction of sp³-hybridized carbons (Fsp3) is 0.355. The van der Waals surface area contributed by atoms with Crippen LogP contribution in [0.1, 0.15) is 79.2 Å². The monoisotopic (exact) mass is 535 g/mol. The van der Waals surface area contributed by atoms with Crippen LogP contribution in [0, 0.1) is 5.92 Å². The fourth-order valence-electron chi connectivity index (χ4n) is 4.97. The number of nitrogens with one attached hydrogen (secondary N) is 1. The summed E-state index contributed by atoms with van der Waals surface area (Å²) in [6.07, 6.45) is 5.97. The topological polar surface area (TPSA) is 46.4 Å². The number of hydrogen-bond acceptors (Lipinski definition) is 2. The number of carbonyl (C=O) groups excluding carboxylic acids is 1. The summed E-state index contributed by atoms with van der Waals surface area (Å²) in [5.74, 6) is 0.893. The number of pyridine rings is 1. The number of carbonyl (C=O) groups is 1. The van der Waals surface area contributed by atoms with Gasteiger partial charge in [-0.1, -0.05) is 80.7 Å². The molecule has 37 heavy (non-hydrogen) atoms. The zero-order valence-corrected chi connectivity index (χ0v) is 23.3. The number of imidazole rings is 1. The van der Waals surface area contributed by atoms with Crippen molar-refractivity contribution in [3.05, 3.63) is 105 Å². The van der Waals surface area contributed by atoms with Crippen molar-refractivity contribution < 1.29 is 4.79 Å². The molecule has 0 aliphatic heterocycles. The predicted molar refractivity (Wildman–Crippen MR) is 154 cm³/mol. The smallest absolute Gasteiger partial charge is 0.268 e. The van der Waals surface area contributed by atoms with Crippen LogP contribution in [-0.2, 0) is 6.42 Å². The van der Waals surface area contributed by atoms with Gasteiger partial charge in [0.1, 0.15) is 11.3 Å². The van der Waals surface area contributed by atoms with Gasteiger partial charge in [0.05, 0.1) is 5.69 Å². The highest BCUT2D eigenvalue weighted by Crippen LogP contribution is 2.28. The number of fused-ring (bicyclic) bond motifs is 1. The van der Waals surface area contributed by atoms with E-state index in [-0.39, 0.29) is 17.7 Å². The van der Waals surface area contributed by atoms with Crippen LogP contribution in [0.3, 0.4) is 0 Å². The lowest BCUT2D eigenvalue weighted by Crippen LogP contribution is -2.30. The molecule has 0 bridgehead atoms. The Hall–Kier alpha value is -2.82. The van der Waals surface area contributed by atoms with E-state index in [4.69, 9.17) is 28.2 Å². The molecule has 0 fully saturated rings. The highest BCUT2D eigenvalue weighted by Gasteiger charge is 2.20. The minimum Gasteiger partial charge on any atom is -0.350 e. The van der Waals surface area contributed by atoms with Gasteiger partial charge in [0.25, 0.3) is 5.91 Å². The van der Waals surface area contributed by atoms with Crippen LogP contribution in [0.25, 0.3) is 5.65 Å². The van der Waals surface area contributed by atoms with E-state index in [9.17, 15) is 4.79 Å². The van der Waals surface area contributed by atoms with Gasteiger partial charge in [0.15, 0.2) is 0 Å². The van der Waals surface area contributed by atoms with Gasteiger partial charge in [-0.2, -0.15) is 0 Å². The first-order chi connectivity index (χ1) is 17.8. The van der Waals surface area contributed by atoms with Crippen molar-refractivity contribution in [1.82, 2.24) is 14.7 Å². The van der Waals surface area contributed by atoms with Gasteiger partial charge in [-0.05, 0) is 72.7 Å². The van der Waals surface area contributed by atoms with Crippen LogP contribution in [0.4, 0.5) is 0 Å². The number of aromatic nitrogens is 2. The molecule has 2 aromatic heterocycles. The highest BCUT2D eigenvalue weighted by molar-refractivity contribution is 6.30. The summed E-state index contributed by atoms with van der Waals surface area (Å²) in [5.41, 5.74) is 4.81. The van der Waals surface area contributed by atoms with E-state index >= 15 is 0 Å². The Morgan fingerprint density at radius 3 is 2.27 bits per heavy atom. The minimum atomic E-state index is -0.0954. The molecule has 2 heterocycles. The van der Waals surface area contributed by atoms with Crippen molar-refractivity contribution in [3.63, 3.8) is 0 Å². The maximum absolute atomic E-state index is 13.4. The van der Waals surface area contributed by atoms with Gasteiger partial charge in [-0.25, -0.2) is 4.98 Å². The van der Waals surface area contributed by atoms with E-state index in [2.05, 4.69) is 50.4 Å². The third-order valence-corrected chi connectivity index (χ3v) is 7.30. The second-order valence-corrected chi connectivity index (χ2v) is 11.1. The molecule has 0 saturated carbocycles. The average molecular weight is 537 g/mol. The van der Waals surface area contributed by atoms with E-state index in [0.717, 1.165) is 47.1 Å². The summed E-state index contributed by atoms with van der Waals surface area (Å²) in [4.78, 5) is 18.3. The average Bonchev–Trinajstić information content (AvgIpc) is 3.32. The Balaban J connectivity index is 1.54. The molecular formula is C31H35Cl2N3O. The van der Waals surface area contributed by atoms with Gasteiger partial charge >= 0.3 is 0 Å². The van der Waals surface area contributed by atoms with E-state index in [0.29, 0.717) is 18.2 Å². The lowest BCUT2D eigenvalue weighted by molar-refractivity contribution is 0.0943. The molecule has 2 aromatic carbocycles. The second-order valence-electron chi connectivity index (χ2n) is 10.2. The Bertz CT molecular complexity index is 1310. The third kappa shape index (κ3) is 7.15. The standard InChI is InChI=1S/C31H35Cl2N3O/c1-4-6-24(18-22-9-13-26(32)14-10-22)28-20-36-29(7-5-8-30(36)35-28)31(37)34-19-25(17-21(2)3)23-11-15-27(33)16-12-23/h5,7-16,20-21,24-25H,4,6,17-19H2,1-3H3,(H,34,37). The third-order valence-electron chi connectivity index (χ3n) is 6.80. The zero-order valence-electron chi connectivity index (χ0n) is 21.8. The molecule has 0 radical (unpaired) electrons. The molecule has 4 nitrogen and oxygen atoms in total. The second kappa shape index (κ2) is 12.6. The molecule has 0 spiro atoms. The quantitative estimate of drug-likeness (QED) is 0.210. The largest absolute Gasteiger partial charge is 0.350 e. The first-order valence-electron chi connectivity index (χ1n) is 13.1. The minimum absolute atomic E-state index is 0.0954. The molecule has 2 atom stereocenters. The maximum atomic E-state index is 13.4. The van der Waals surface area contributed by atoms with Gasteiger partial charge in [0.2, 0.25) is 0 Å². The van der Waals surface area contributed by atoms with Crippen LogP contribution in [0.5, 0.6) is 0 Å². The SMILES string of the molecule is CCCC(Cc1ccc(Cl)cc1)c1cn2c(C(=O)NCC(CC(C)C)c3ccc(Cl)cc3)cccc2n1. The summed E-state index contributed by atoms with van der Waals surface area (Å²) < 4.78 is 1.93. The molecular weight excluding hydrogens is 501 g/mol. The Morgan fingerprint density at radius 1 is 0.946 bits per heavy atom. The number of halogens is 2. The van der Waals surface area contributed by atoms with Crippen molar-refractivity contribution in [2.45, 2.75) is 58.3 Å². The molecule has 2 unspecified atom stereocenters. The molecule has 194 valence electrons. The van der Waals surface area contributed by atoms with Crippen molar-refractivity contribution in [2.24, 2.45) is 5.92 Å². The van der Waals surface area contributed by atoms with Crippen LogP contribution < -0.4 is 5.32 Å². The van der Waals surface area contributed by atoms with Crippen LogP contribution in [-0.4, -0.2) is 21.8 Å². The number of hydrogen-bond donors (Lipinski definition) is 1. The maximum Gasteiger partial charge on any atom is 0.268 e. The van der Waals surface area contributed by atoms with Crippen molar-refractivity contribution in [2.75, 3.05) is 6.54 Å². The number of rotatable bonds is 11. The summed E-state index contributed by atoms with van der Waals surface area (Å²) in [7, 11) is 0. The molecule has 6 heteroatoms. The van der Waals surface area contributed by atoms with E-state index < -0.39 is 0 Å². The summed E-state index contributed by atoms with van der Waals surface area (Å²) in [5, 5.41) is 4.65. The lowest BCUT2D eigenvalue weighted by atomic mass is 9.90. The van der Waals surface area contributed by atoms with Crippen molar-refractivity contribution in [1.29, 1.82) is 0 Å². The van der Waals surface area contributed by atoms with Crippen LogP contribution >= 0.6 is 23.2 Å². The zero-order chi connectivity index (χ0) is 26.4. The van der Waals surface area contributed by atoms with Crippen LogP contribution in [0.2, 0.25) is 10.0 Å². The van der Waals surface area contributed by atoms with Gasteiger partial charge in [-0.3, -0.25) is 9.20 Å². The molecule has 4 aromatic rings. The van der Waals surface area contributed by atoms with Crippen molar-refractivity contribution >= 4 is 34.8 Å². The number of benzene rings is 2. The molecule has 0 aliphatic carbocycles. The summed E-state index contributed by atoms with van der Waals surface area (Å²) in [6.45, 7) is 7.16. The first kappa shape index (κ1) is 27.2. The fourth-order valence-corrected chi connectivity index (χ4v) is 5.22. The number of nitrogens with zero attached hydrogens (tertiary/aromatic N) is 2.